The van der Waals surface area contributed by atoms with Gasteiger partial charge in [0.2, 0.25) is 5.91 Å². The minimum Gasteiger partial charge on any atom is -0.507 e. The zero-order chi connectivity index (χ0) is 24.5. The molecule has 3 N–H and O–H groups in total. The molecule has 7 nitrogen and oxygen atoms in total. The van der Waals surface area contributed by atoms with Gasteiger partial charge in [0.25, 0.3) is 0 Å². The highest BCUT2D eigenvalue weighted by atomic mass is 35.5. The molecule has 2 aliphatic rings. The molecule has 2 aromatic carbocycles. The Hall–Kier alpha value is -3.03. The van der Waals surface area contributed by atoms with Gasteiger partial charge in [-0.2, -0.15) is 9.78 Å². The number of rotatable bonds is 6. The molecule has 0 unspecified atom stereocenters. The van der Waals surface area contributed by atoms with E-state index >= 15 is 0 Å². The van der Waals surface area contributed by atoms with E-state index in [9.17, 15) is 14.7 Å². The van der Waals surface area contributed by atoms with Crippen LogP contribution in [0.2, 0.25) is 10.0 Å². The first-order valence-electron chi connectivity index (χ1n) is 11.9. The summed E-state index contributed by atoms with van der Waals surface area (Å²) in [7, 11) is 0. The van der Waals surface area contributed by atoms with Crippen LogP contribution in [-0.2, 0) is 11.3 Å². The summed E-state index contributed by atoms with van der Waals surface area (Å²) in [6, 6.07) is 11.7. The minimum atomic E-state index is -0.350. The van der Waals surface area contributed by atoms with Gasteiger partial charge in [-0.1, -0.05) is 42.1 Å². The Balaban J connectivity index is 1.38. The summed E-state index contributed by atoms with van der Waals surface area (Å²) in [6.07, 6.45) is 6.01. The third-order valence-corrected chi connectivity index (χ3v) is 7.36. The maximum Gasteiger partial charge on any atom is 0.342 e. The van der Waals surface area contributed by atoms with Crippen LogP contribution >= 0.6 is 23.2 Å². The average molecular weight is 513 g/mol. The highest BCUT2D eigenvalue weighted by molar-refractivity contribution is 6.42. The first-order valence-corrected chi connectivity index (χ1v) is 12.6. The van der Waals surface area contributed by atoms with Crippen molar-refractivity contribution in [2.75, 3.05) is 5.32 Å². The quantitative estimate of drug-likeness (QED) is 0.359. The van der Waals surface area contributed by atoms with Crippen molar-refractivity contribution in [3.05, 3.63) is 63.8 Å². The van der Waals surface area contributed by atoms with Gasteiger partial charge in [-0.3, -0.25) is 4.79 Å². The monoisotopic (exact) mass is 512 g/mol. The Labute approximate surface area is 213 Å². The second-order valence-electron chi connectivity index (χ2n) is 9.25. The number of hydrogen-bond acceptors (Lipinski definition) is 4. The van der Waals surface area contributed by atoms with Crippen LogP contribution in [0, 0.1) is 5.92 Å². The Morgan fingerprint density at radius 2 is 1.77 bits per heavy atom. The average Bonchev–Trinajstić information content (AvgIpc) is 3.37. The van der Waals surface area contributed by atoms with Gasteiger partial charge in [-0.15, -0.1) is 0 Å². The molecular formula is C26H26Cl2N4O3. The number of carbonyl (C=O) groups is 2. The lowest BCUT2D eigenvalue weighted by molar-refractivity contribution is -0.117. The van der Waals surface area contributed by atoms with E-state index in [2.05, 4.69) is 15.7 Å². The van der Waals surface area contributed by atoms with Crippen molar-refractivity contribution in [1.29, 1.82) is 0 Å². The van der Waals surface area contributed by atoms with Gasteiger partial charge in [0.1, 0.15) is 5.75 Å². The van der Waals surface area contributed by atoms with E-state index in [1.54, 1.807) is 24.3 Å². The molecule has 0 radical (unpaired) electrons. The largest absolute Gasteiger partial charge is 0.507 e. The number of amides is 2. The van der Waals surface area contributed by atoms with Gasteiger partial charge >= 0.3 is 6.03 Å². The highest BCUT2D eigenvalue weighted by Gasteiger charge is 2.30. The van der Waals surface area contributed by atoms with Crippen LogP contribution in [0.25, 0.3) is 11.3 Å². The SMILES string of the molecule is O=C(Nc1ccc(-c2cc(C3CCCC3)n(C(=O)NCc3ccc(Cl)c(Cl)c3)n2)c(O)c1)C1CC1. The van der Waals surface area contributed by atoms with Crippen molar-refractivity contribution in [2.45, 2.75) is 51.0 Å². The van der Waals surface area contributed by atoms with Crippen LogP contribution in [0.4, 0.5) is 10.5 Å². The molecule has 0 spiro atoms. The van der Waals surface area contributed by atoms with E-state index in [1.165, 1.54) is 10.7 Å². The molecule has 35 heavy (non-hydrogen) atoms. The second-order valence-corrected chi connectivity index (χ2v) is 10.1. The van der Waals surface area contributed by atoms with Gasteiger partial charge in [-0.25, -0.2) is 4.79 Å². The number of carbonyl (C=O) groups excluding carboxylic acids is 2. The summed E-state index contributed by atoms with van der Waals surface area (Å²) in [5.41, 5.74) is 3.20. The number of nitrogens with zero attached hydrogens (tertiary/aromatic N) is 2. The number of halogens is 2. The molecule has 1 aromatic heterocycles. The lowest BCUT2D eigenvalue weighted by Gasteiger charge is -2.12. The number of aromatic hydroxyl groups is 1. The lowest BCUT2D eigenvalue weighted by atomic mass is 10.0. The topological polar surface area (TPSA) is 96.3 Å². The minimum absolute atomic E-state index is 0.00238. The molecule has 3 aromatic rings. The van der Waals surface area contributed by atoms with Crippen molar-refractivity contribution in [2.24, 2.45) is 5.92 Å². The van der Waals surface area contributed by atoms with Crippen molar-refractivity contribution >= 4 is 40.8 Å². The summed E-state index contributed by atoms with van der Waals surface area (Å²) in [5, 5.41) is 21.9. The van der Waals surface area contributed by atoms with E-state index in [0.717, 1.165) is 49.8 Å². The van der Waals surface area contributed by atoms with E-state index in [1.807, 2.05) is 12.1 Å². The molecule has 0 bridgehead atoms. The van der Waals surface area contributed by atoms with Gasteiger partial charge in [-0.05, 0) is 61.6 Å². The number of benzene rings is 2. The molecule has 2 amide bonds. The number of phenols is 1. The van der Waals surface area contributed by atoms with Crippen LogP contribution in [0.3, 0.4) is 0 Å². The first kappa shape index (κ1) is 23.7. The molecule has 2 aliphatic carbocycles. The number of hydrogen-bond donors (Lipinski definition) is 3. The molecule has 0 saturated heterocycles. The maximum atomic E-state index is 13.1. The molecular weight excluding hydrogens is 487 g/mol. The van der Waals surface area contributed by atoms with Crippen LogP contribution < -0.4 is 10.6 Å². The van der Waals surface area contributed by atoms with Gasteiger partial charge in [0.15, 0.2) is 0 Å². The fourth-order valence-electron chi connectivity index (χ4n) is 4.52. The number of nitrogens with one attached hydrogen (secondary N) is 2. The Morgan fingerprint density at radius 1 is 1.00 bits per heavy atom. The molecule has 2 saturated carbocycles. The smallest absolute Gasteiger partial charge is 0.342 e. The van der Waals surface area contributed by atoms with Crippen LogP contribution in [0.5, 0.6) is 5.75 Å². The van der Waals surface area contributed by atoms with Crippen molar-refractivity contribution in [3.63, 3.8) is 0 Å². The summed E-state index contributed by atoms with van der Waals surface area (Å²) >= 11 is 12.1. The van der Waals surface area contributed by atoms with Crippen molar-refractivity contribution in [3.8, 4) is 17.0 Å². The maximum absolute atomic E-state index is 13.1. The second kappa shape index (κ2) is 9.91. The molecule has 1 heterocycles. The van der Waals surface area contributed by atoms with E-state index in [0.29, 0.717) is 27.0 Å². The summed E-state index contributed by atoms with van der Waals surface area (Å²) in [5.74, 6) is 0.274. The summed E-state index contributed by atoms with van der Waals surface area (Å²) < 4.78 is 1.41. The Morgan fingerprint density at radius 3 is 2.46 bits per heavy atom. The molecule has 182 valence electrons. The van der Waals surface area contributed by atoms with Crippen molar-refractivity contribution < 1.29 is 14.7 Å². The van der Waals surface area contributed by atoms with Crippen molar-refractivity contribution in [1.82, 2.24) is 15.1 Å². The standard InChI is InChI=1S/C26H26Cl2N4O3/c27-20-10-5-15(11-21(20)28)14-29-26(35)32-23(16-3-1-2-4-16)13-22(31-32)19-9-8-18(12-24(19)33)30-25(34)17-6-7-17/h5,8-13,16-17,33H,1-4,6-7,14H2,(H,29,35)(H,30,34). The fourth-order valence-corrected chi connectivity index (χ4v) is 4.84. The Kier molecular flexibility index (Phi) is 6.71. The Bertz CT molecular complexity index is 1280. The van der Waals surface area contributed by atoms with Gasteiger partial charge in [0.05, 0.1) is 21.4 Å². The molecule has 9 heteroatoms. The normalized spacial score (nSPS) is 15.8. The van der Waals surface area contributed by atoms with E-state index in [4.69, 9.17) is 23.2 Å². The van der Waals surface area contributed by atoms with Crippen LogP contribution in [0.1, 0.15) is 55.7 Å². The lowest BCUT2D eigenvalue weighted by Crippen LogP contribution is -2.30. The summed E-state index contributed by atoms with van der Waals surface area (Å²) in [6.45, 7) is 0.273. The van der Waals surface area contributed by atoms with Gasteiger partial charge < -0.3 is 15.7 Å². The zero-order valence-electron chi connectivity index (χ0n) is 19.1. The number of phenolic OH excluding ortho intramolecular Hbond substituents is 1. The predicted molar refractivity (Wildman–Crippen MR) is 136 cm³/mol. The van der Waals surface area contributed by atoms with E-state index in [-0.39, 0.29) is 36.1 Å². The highest BCUT2D eigenvalue weighted by Crippen LogP contribution is 2.38. The van der Waals surface area contributed by atoms with Crippen LogP contribution in [0.15, 0.2) is 42.5 Å². The summed E-state index contributed by atoms with van der Waals surface area (Å²) in [4.78, 5) is 25.2. The molecule has 5 rings (SSSR count). The number of aromatic nitrogens is 2. The third kappa shape index (κ3) is 5.31. The third-order valence-electron chi connectivity index (χ3n) is 6.62. The van der Waals surface area contributed by atoms with Gasteiger partial charge in [0, 0.05) is 35.7 Å². The number of anilines is 1. The zero-order valence-corrected chi connectivity index (χ0v) is 20.6. The predicted octanol–water partition coefficient (Wildman–Crippen LogP) is 6.33. The van der Waals surface area contributed by atoms with Crippen LogP contribution in [-0.4, -0.2) is 26.8 Å². The molecule has 2 fully saturated rings. The molecule has 0 aliphatic heterocycles. The fraction of sp³-hybridized carbons (Fsp3) is 0.346. The van der Waals surface area contributed by atoms with E-state index < -0.39 is 0 Å². The first-order chi connectivity index (χ1) is 16.9. The molecule has 0 atom stereocenters.